The number of carbonyl (C=O) groups excluding carboxylic acids is 1. The van der Waals surface area contributed by atoms with Gasteiger partial charge >= 0.3 is 0 Å². The van der Waals surface area contributed by atoms with Crippen molar-refractivity contribution in [3.8, 4) is 0 Å². The Kier molecular flexibility index (Phi) is 7.00. The lowest BCUT2D eigenvalue weighted by atomic mass is 9.95. The van der Waals surface area contributed by atoms with Gasteiger partial charge in [0.2, 0.25) is 11.9 Å². The van der Waals surface area contributed by atoms with Crippen molar-refractivity contribution < 1.29 is 4.79 Å². The highest BCUT2D eigenvalue weighted by atomic mass is 32.2. The highest BCUT2D eigenvalue weighted by molar-refractivity contribution is 7.99. The molecule has 0 spiro atoms. The molecule has 0 saturated carbocycles. The summed E-state index contributed by atoms with van der Waals surface area (Å²) >= 11 is 1.99. The minimum absolute atomic E-state index is 0.0772. The number of amides is 1. The molecule has 31 heavy (non-hydrogen) atoms. The SMILES string of the molecule is Cc1cc(C)c(CNC(=O)C2CCN(c3cnc(N4CCSCC4)nc3)CC2)c(C)c1. The average Bonchev–Trinajstić information content (AvgIpc) is 2.79. The number of anilines is 2. The summed E-state index contributed by atoms with van der Waals surface area (Å²) < 4.78 is 0. The lowest BCUT2D eigenvalue weighted by molar-refractivity contribution is -0.125. The monoisotopic (exact) mass is 439 g/mol. The lowest BCUT2D eigenvalue weighted by Gasteiger charge is -2.33. The number of hydrogen-bond acceptors (Lipinski definition) is 6. The fourth-order valence-electron chi connectivity index (χ4n) is 4.61. The van der Waals surface area contributed by atoms with Crippen molar-refractivity contribution in [2.45, 2.75) is 40.2 Å². The molecule has 166 valence electrons. The minimum atomic E-state index is 0.0772. The number of hydrogen-bond donors (Lipinski definition) is 1. The van der Waals surface area contributed by atoms with Gasteiger partial charge in [-0.25, -0.2) is 9.97 Å². The van der Waals surface area contributed by atoms with E-state index in [9.17, 15) is 4.79 Å². The standard InChI is InChI=1S/C24H33N5OS/c1-17-12-18(2)22(19(3)13-17)16-25-23(30)20-4-6-28(7-5-20)21-14-26-24(27-15-21)29-8-10-31-11-9-29/h12-15,20H,4-11,16H2,1-3H3,(H,25,30). The molecule has 2 aliphatic heterocycles. The van der Waals surface area contributed by atoms with E-state index in [1.165, 1.54) is 22.3 Å². The van der Waals surface area contributed by atoms with Crippen molar-refractivity contribution in [2.24, 2.45) is 5.92 Å². The van der Waals surface area contributed by atoms with Gasteiger partial charge in [0.15, 0.2) is 0 Å². The summed E-state index contributed by atoms with van der Waals surface area (Å²) in [5.41, 5.74) is 6.06. The third kappa shape index (κ3) is 5.32. The predicted octanol–water partition coefficient (Wildman–Crippen LogP) is 3.49. The van der Waals surface area contributed by atoms with Crippen LogP contribution in [0.5, 0.6) is 0 Å². The summed E-state index contributed by atoms with van der Waals surface area (Å²) in [6.07, 6.45) is 5.60. The fourth-order valence-corrected chi connectivity index (χ4v) is 5.52. The van der Waals surface area contributed by atoms with Gasteiger partial charge in [-0.05, 0) is 50.3 Å². The number of carbonyl (C=O) groups is 1. The highest BCUT2D eigenvalue weighted by Crippen LogP contribution is 2.24. The van der Waals surface area contributed by atoms with Gasteiger partial charge in [0.05, 0.1) is 18.1 Å². The molecule has 2 aliphatic rings. The maximum Gasteiger partial charge on any atom is 0.225 e. The number of piperidine rings is 1. The normalized spacial score (nSPS) is 17.6. The first-order valence-electron chi connectivity index (χ1n) is 11.3. The molecule has 2 saturated heterocycles. The van der Waals surface area contributed by atoms with E-state index in [0.29, 0.717) is 6.54 Å². The van der Waals surface area contributed by atoms with Crippen LogP contribution in [0.4, 0.5) is 11.6 Å². The zero-order chi connectivity index (χ0) is 21.8. The van der Waals surface area contributed by atoms with Gasteiger partial charge in [-0.3, -0.25) is 4.79 Å². The Labute approximate surface area is 189 Å². The number of nitrogens with zero attached hydrogens (tertiary/aromatic N) is 4. The molecule has 7 heteroatoms. The molecular formula is C24H33N5OS. The van der Waals surface area contributed by atoms with Crippen LogP contribution in [0.15, 0.2) is 24.5 Å². The molecule has 0 unspecified atom stereocenters. The molecule has 4 rings (SSSR count). The van der Waals surface area contributed by atoms with Crippen molar-refractivity contribution in [3.63, 3.8) is 0 Å². The fraction of sp³-hybridized carbons (Fsp3) is 0.542. The second-order valence-electron chi connectivity index (χ2n) is 8.70. The topological polar surface area (TPSA) is 61.4 Å². The molecule has 3 heterocycles. The minimum Gasteiger partial charge on any atom is -0.369 e. The molecule has 0 radical (unpaired) electrons. The summed E-state index contributed by atoms with van der Waals surface area (Å²) in [5, 5.41) is 3.18. The molecule has 6 nitrogen and oxygen atoms in total. The Balaban J connectivity index is 1.28. The van der Waals surface area contributed by atoms with Crippen LogP contribution in [-0.4, -0.2) is 53.6 Å². The van der Waals surface area contributed by atoms with Gasteiger partial charge in [0, 0.05) is 50.1 Å². The highest BCUT2D eigenvalue weighted by Gasteiger charge is 2.25. The maximum absolute atomic E-state index is 12.8. The van der Waals surface area contributed by atoms with Gasteiger partial charge in [-0.15, -0.1) is 0 Å². The largest absolute Gasteiger partial charge is 0.369 e. The van der Waals surface area contributed by atoms with Crippen LogP contribution >= 0.6 is 11.8 Å². The molecule has 2 aromatic rings. The second-order valence-corrected chi connectivity index (χ2v) is 9.92. The van der Waals surface area contributed by atoms with Crippen molar-refractivity contribution in [1.82, 2.24) is 15.3 Å². The maximum atomic E-state index is 12.8. The van der Waals surface area contributed by atoms with E-state index in [-0.39, 0.29) is 11.8 Å². The zero-order valence-corrected chi connectivity index (χ0v) is 19.7. The van der Waals surface area contributed by atoms with E-state index in [4.69, 9.17) is 0 Å². The first-order chi connectivity index (χ1) is 15.0. The number of aromatic nitrogens is 2. The quantitative estimate of drug-likeness (QED) is 0.770. The second kappa shape index (κ2) is 9.90. The van der Waals surface area contributed by atoms with Gasteiger partial charge in [0.25, 0.3) is 0 Å². The summed E-state index contributed by atoms with van der Waals surface area (Å²) in [6.45, 7) is 10.7. The molecule has 1 aromatic carbocycles. The van der Waals surface area contributed by atoms with Crippen LogP contribution < -0.4 is 15.1 Å². The number of nitrogens with one attached hydrogen (secondary N) is 1. The van der Waals surface area contributed by atoms with Crippen molar-refractivity contribution >= 4 is 29.3 Å². The molecular weight excluding hydrogens is 406 g/mol. The lowest BCUT2D eigenvalue weighted by Crippen LogP contribution is -2.40. The van der Waals surface area contributed by atoms with E-state index in [1.807, 2.05) is 24.2 Å². The molecule has 0 atom stereocenters. The molecule has 1 N–H and O–H groups in total. The van der Waals surface area contributed by atoms with Gasteiger partial charge < -0.3 is 15.1 Å². The molecule has 0 aliphatic carbocycles. The van der Waals surface area contributed by atoms with E-state index >= 15 is 0 Å². The van der Waals surface area contributed by atoms with E-state index in [1.54, 1.807) is 0 Å². The average molecular weight is 440 g/mol. The van der Waals surface area contributed by atoms with E-state index in [2.05, 4.69) is 58.0 Å². The van der Waals surface area contributed by atoms with Crippen LogP contribution in [0.2, 0.25) is 0 Å². The number of benzene rings is 1. The third-order valence-electron chi connectivity index (χ3n) is 6.43. The van der Waals surface area contributed by atoms with Crippen molar-refractivity contribution in [2.75, 3.05) is 47.5 Å². The van der Waals surface area contributed by atoms with Crippen molar-refractivity contribution in [3.05, 3.63) is 46.8 Å². The summed E-state index contributed by atoms with van der Waals surface area (Å²) in [7, 11) is 0. The third-order valence-corrected chi connectivity index (χ3v) is 7.37. The zero-order valence-electron chi connectivity index (χ0n) is 18.9. The number of thioether (sulfide) groups is 1. The Bertz CT molecular complexity index is 880. The van der Waals surface area contributed by atoms with Crippen LogP contribution in [0.1, 0.15) is 35.1 Å². The first kappa shape index (κ1) is 21.9. The van der Waals surface area contributed by atoms with Gasteiger partial charge in [-0.1, -0.05) is 17.7 Å². The molecule has 2 fully saturated rings. The first-order valence-corrected chi connectivity index (χ1v) is 12.4. The van der Waals surface area contributed by atoms with Crippen LogP contribution in [-0.2, 0) is 11.3 Å². The summed E-state index contributed by atoms with van der Waals surface area (Å²) in [4.78, 5) is 26.5. The number of aryl methyl sites for hydroxylation is 3. The van der Waals surface area contributed by atoms with E-state index in [0.717, 1.165) is 62.2 Å². The van der Waals surface area contributed by atoms with Gasteiger partial charge in [0.1, 0.15) is 0 Å². The Morgan fingerprint density at radius 3 is 2.23 bits per heavy atom. The molecule has 0 bridgehead atoms. The molecule has 1 amide bonds. The van der Waals surface area contributed by atoms with Crippen molar-refractivity contribution in [1.29, 1.82) is 0 Å². The smallest absolute Gasteiger partial charge is 0.225 e. The van der Waals surface area contributed by atoms with Gasteiger partial charge in [-0.2, -0.15) is 11.8 Å². The Morgan fingerprint density at radius 2 is 1.61 bits per heavy atom. The number of rotatable bonds is 5. The predicted molar refractivity (Wildman–Crippen MR) is 129 cm³/mol. The molecule has 1 aromatic heterocycles. The van der Waals surface area contributed by atoms with Crippen LogP contribution in [0, 0.1) is 26.7 Å². The Morgan fingerprint density at radius 1 is 1.00 bits per heavy atom. The summed E-state index contributed by atoms with van der Waals surface area (Å²) in [6, 6.07) is 4.37. The van der Waals surface area contributed by atoms with Crippen LogP contribution in [0.3, 0.4) is 0 Å². The summed E-state index contributed by atoms with van der Waals surface area (Å²) in [5.74, 6) is 3.37. The van der Waals surface area contributed by atoms with E-state index < -0.39 is 0 Å². The van der Waals surface area contributed by atoms with Crippen LogP contribution in [0.25, 0.3) is 0 Å². The Hall–Kier alpha value is -2.28.